The Morgan fingerprint density at radius 2 is 2.09 bits per heavy atom. The van der Waals surface area contributed by atoms with Crippen molar-refractivity contribution in [2.45, 2.75) is 31.7 Å². The van der Waals surface area contributed by atoms with E-state index in [4.69, 9.17) is 26.8 Å². The summed E-state index contributed by atoms with van der Waals surface area (Å²) in [6.07, 6.45) is 3.33. The molecule has 1 aliphatic carbocycles. The van der Waals surface area contributed by atoms with Crippen LogP contribution in [0.15, 0.2) is 12.1 Å². The SMILES string of the molecule is Cl.NC1CCC(C(=O)NCCc2cc(Cl)c3c(c2)OCCO3)C1. The van der Waals surface area contributed by atoms with Crippen molar-refractivity contribution in [1.29, 1.82) is 0 Å². The maximum absolute atomic E-state index is 12.0. The van der Waals surface area contributed by atoms with Gasteiger partial charge in [0.1, 0.15) is 13.2 Å². The van der Waals surface area contributed by atoms with Crippen molar-refractivity contribution in [3.63, 3.8) is 0 Å². The normalized spacial score (nSPS) is 22.3. The summed E-state index contributed by atoms with van der Waals surface area (Å²) < 4.78 is 11.0. The van der Waals surface area contributed by atoms with E-state index in [1.165, 1.54) is 0 Å². The highest BCUT2D eigenvalue weighted by atomic mass is 35.5. The van der Waals surface area contributed by atoms with Crippen molar-refractivity contribution in [2.24, 2.45) is 11.7 Å². The molecule has 1 heterocycles. The molecule has 0 radical (unpaired) electrons. The molecule has 1 fully saturated rings. The van der Waals surface area contributed by atoms with Crippen LogP contribution in [0.3, 0.4) is 0 Å². The number of carbonyl (C=O) groups excluding carboxylic acids is 1. The molecule has 0 bridgehead atoms. The molecule has 0 aromatic heterocycles. The van der Waals surface area contributed by atoms with E-state index >= 15 is 0 Å². The van der Waals surface area contributed by atoms with Gasteiger partial charge in [0.2, 0.25) is 5.91 Å². The highest BCUT2D eigenvalue weighted by Gasteiger charge is 2.27. The zero-order valence-corrected chi connectivity index (χ0v) is 14.4. The van der Waals surface area contributed by atoms with Crippen LogP contribution in [0, 0.1) is 5.92 Å². The lowest BCUT2D eigenvalue weighted by molar-refractivity contribution is -0.124. The molecule has 3 rings (SSSR count). The van der Waals surface area contributed by atoms with Gasteiger partial charge in [0.15, 0.2) is 11.5 Å². The number of rotatable bonds is 4. The predicted octanol–water partition coefficient (Wildman–Crippen LogP) is 2.32. The van der Waals surface area contributed by atoms with E-state index in [-0.39, 0.29) is 30.3 Å². The molecule has 5 nitrogen and oxygen atoms in total. The summed E-state index contributed by atoms with van der Waals surface area (Å²) in [4.78, 5) is 12.0. The summed E-state index contributed by atoms with van der Waals surface area (Å²) in [6.45, 7) is 1.64. The number of nitrogens with two attached hydrogens (primary N) is 1. The van der Waals surface area contributed by atoms with Gasteiger partial charge in [-0.3, -0.25) is 4.79 Å². The number of hydrogen-bond donors (Lipinski definition) is 2. The zero-order valence-electron chi connectivity index (χ0n) is 12.8. The summed E-state index contributed by atoms with van der Waals surface area (Å²) in [7, 11) is 0. The molecule has 2 unspecified atom stereocenters. The zero-order chi connectivity index (χ0) is 15.5. The van der Waals surface area contributed by atoms with E-state index in [0.717, 1.165) is 24.8 Å². The van der Waals surface area contributed by atoms with Crippen LogP contribution in [-0.2, 0) is 11.2 Å². The molecule has 3 N–H and O–H groups in total. The Balaban J connectivity index is 0.00000192. The molecule has 1 aliphatic heterocycles. The number of ether oxygens (including phenoxy) is 2. The number of nitrogens with one attached hydrogen (secondary N) is 1. The highest BCUT2D eigenvalue weighted by Crippen LogP contribution is 2.38. The minimum absolute atomic E-state index is 0. The molecular weight excluding hydrogens is 339 g/mol. The van der Waals surface area contributed by atoms with E-state index in [1.54, 1.807) is 0 Å². The van der Waals surface area contributed by atoms with Crippen LogP contribution in [0.5, 0.6) is 11.5 Å². The third-order valence-corrected chi connectivity index (χ3v) is 4.49. The van der Waals surface area contributed by atoms with Crippen molar-refractivity contribution in [3.05, 3.63) is 22.7 Å². The molecule has 7 heteroatoms. The summed E-state index contributed by atoms with van der Waals surface area (Å²) >= 11 is 6.20. The minimum atomic E-state index is 0. The second-order valence-electron chi connectivity index (χ2n) is 5.91. The standard InChI is InChI=1S/C16H21ClN2O3.ClH/c17-13-7-10(8-14-15(13)22-6-5-21-14)3-4-19-16(20)11-1-2-12(18)9-11;/h7-8,11-12H,1-6,9,18H2,(H,19,20);1H. The lowest BCUT2D eigenvalue weighted by atomic mass is 10.1. The van der Waals surface area contributed by atoms with Crippen molar-refractivity contribution >= 4 is 29.9 Å². The predicted molar refractivity (Wildman–Crippen MR) is 91.7 cm³/mol. The maximum Gasteiger partial charge on any atom is 0.223 e. The number of amides is 1. The van der Waals surface area contributed by atoms with Gasteiger partial charge in [-0.15, -0.1) is 12.4 Å². The molecular formula is C16H22Cl2N2O3. The maximum atomic E-state index is 12.0. The Labute approximate surface area is 147 Å². The van der Waals surface area contributed by atoms with Crippen LogP contribution < -0.4 is 20.5 Å². The molecule has 0 saturated heterocycles. The molecule has 23 heavy (non-hydrogen) atoms. The Morgan fingerprint density at radius 3 is 2.83 bits per heavy atom. The summed E-state index contributed by atoms with van der Waals surface area (Å²) in [5, 5.41) is 3.54. The van der Waals surface area contributed by atoms with Crippen molar-refractivity contribution in [3.8, 4) is 11.5 Å². The molecule has 1 amide bonds. The Kier molecular flexibility index (Phi) is 6.39. The van der Waals surface area contributed by atoms with E-state index in [1.807, 2.05) is 12.1 Å². The van der Waals surface area contributed by atoms with Crippen LogP contribution in [0.2, 0.25) is 5.02 Å². The van der Waals surface area contributed by atoms with Gasteiger partial charge < -0.3 is 20.5 Å². The molecule has 0 spiro atoms. The van der Waals surface area contributed by atoms with Crippen molar-refractivity contribution < 1.29 is 14.3 Å². The van der Waals surface area contributed by atoms with Gasteiger partial charge in [-0.25, -0.2) is 0 Å². The van der Waals surface area contributed by atoms with Gasteiger partial charge in [0.05, 0.1) is 5.02 Å². The highest BCUT2D eigenvalue weighted by molar-refractivity contribution is 6.32. The van der Waals surface area contributed by atoms with Crippen LogP contribution in [0.25, 0.3) is 0 Å². The first-order valence-electron chi connectivity index (χ1n) is 7.75. The van der Waals surface area contributed by atoms with Gasteiger partial charge >= 0.3 is 0 Å². The van der Waals surface area contributed by atoms with Crippen LogP contribution in [0.4, 0.5) is 0 Å². The Bertz CT molecular complexity index is 569. The number of carbonyl (C=O) groups is 1. The average molecular weight is 361 g/mol. The van der Waals surface area contributed by atoms with Gasteiger partial charge in [-0.1, -0.05) is 11.6 Å². The number of benzene rings is 1. The lowest BCUT2D eigenvalue weighted by Gasteiger charge is -2.20. The first-order chi connectivity index (χ1) is 10.6. The molecule has 128 valence electrons. The lowest BCUT2D eigenvalue weighted by Crippen LogP contribution is -2.31. The topological polar surface area (TPSA) is 73.6 Å². The third-order valence-electron chi connectivity index (χ3n) is 4.21. The third kappa shape index (κ3) is 4.43. The fraction of sp³-hybridized carbons (Fsp3) is 0.562. The monoisotopic (exact) mass is 360 g/mol. The largest absolute Gasteiger partial charge is 0.486 e. The van der Waals surface area contributed by atoms with E-state index in [9.17, 15) is 4.79 Å². The fourth-order valence-electron chi connectivity index (χ4n) is 3.04. The molecule has 1 aromatic carbocycles. The molecule has 2 aliphatic rings. The quantitative estimate of drug-likeness (QED) is 0.863. The fourth-order valence-corrected chi connectivity index (χ4v) is 3.33. The smallest absolute Gasteiger partial charge is 0.223 e. The summed E-state index contributed by atoms with van der Waals surface area (Å²) in [5.74, 6) is 1.47. The Hall–Kier alpha value is -1.17. The van der Waals surface area contributed by atoms with Crippen LogP contribution >= 0.6 is 24.0 Å². The molecule has 1 aromatic rings. The number of hydrogen-bond acceptors (Lipinski definition) is 4. The van der Waals surface area contributed by atoms with Crippen molar-refractivity contribution in [1.82, 2.24) is 5.32 Å². The van der Waals surface area contributed by atoms with Gasteiger partial charge in [0, 0.05) is 18.5 Å². The van der Waals surface area contributed by atoms with Crippen LogP contribution in [-0.4, -0.2) is 31.7 Å². The molecule has 1 saturated carbocycles. The summed E-state index contributed by atoms with van der Waals surface area (Å²) in [5.41, 5.74) is 6.87. The van der Waals surface area contributed by atoms with E-state index in [2.05, 4.69) is 5.32 Å². The number of fused-ring (bicyclic) bond motifs is 1. The average Bonchev–Trinajstić information content (AvgIpc) is 2.94. The van der Waals surface area contributed by atoms with Crippen molar-refractivity contribution in [2.75, 3.05) is 19.8 Å². The second-order valence-corrected chi connectivity index (χ2v) is 6.32. The second kappa shape index (κ2) is 8.08. The first kappa shape index (κ1) is 18.2. The van der Waals surface area contributed by atoms with Gasteiger partial charge in [-0.2, -0.15) is 0 Å². The molecule has 2 atom stereocenters. The minimum Gasteiger partial charge on any atom is -0.486 e. The van der Waals surface area contributed by atoms with E-state index in [0.29, 0.717) is 42.7 Å². The first-order valence-corrected chi connectivity index (χ1v) is 8.12. The number of halogens is 2. The van der Waals surface area contributed by atoms with Gasteiger partial charge in [0.25, 0.3) is 0 Å². The van der Waals surface area contributed by atoms with Crippen LogP contribution in [0.1, 0.15) is 24.8 Å². The van der Waals surface area contributed by atoms with E-state index < -0.39 is 0 Å². The summed E-state index contributed by atoms with van der Waals surface area (Å²) in [6, 6.07) is 3.97. The Morgan fingerprint density at radius 1 is 1.30 bits per heavy atom. The van der Waals surface area contributed by atoms with Gasteiger partial charge in [-0.05, 0) is 43.4 Å².